The van der Waals surface area contributed by atoms with Crippen LogP contribution in [0.15, 0.2) is 30.5 Å². The third-order valence-electron chi connectivity index (χ3n) is 7.87. The average Bonchev–Trinajstić information content (AvgIpc) is 3.73. The third kappa shape index (κ3) is 4.95. The van der Waals surface area contributed by atoms with Gasteiger partial charge in [-0.25, -0.2) is 9.37 Å². The molecule has 0 amide bonds. The molecular formula is C28H35FN6O2. The monoisotopic (exact) mass is 506 g/mol. The highest BCUT2D eigenvalue weighted by Gasteiger charge is 2.48. The molecule has 8 nitrogen and oxygen atoms in total. The Labute approximate surface area is 217 Å². The second kappa shape index (κ2) is 10.2. The van der Waals surface area contributed by atoms with Gasteiger partial charge >= 0.3 is 0 Å². The molecule has 2 fully saturated rings. The molecule has 0 spiro atoms. The van der Waals surface area contributed by atoms with Crippen molar-refractivity contribution in [2.24, 2.45) is 5.41 Å². The van der Waals surface area contributed by atoms with Gasteiger partial charge in [-0.2, -0.15) is 5.10 Å². The lowest BCUT2D eigenvalue weighted by Gasteiger charge is -2.46. The molecule has 0 saturated heterocycles. The van der Waals surface area contributed by atoms with Gasteiger partial charge < -0.3 is 14.7 Å². The fourth-order valence-electron chi connectivity index (χ4n) is 5.73. The van der Waals surface area contributed by atoms with Crippen LogP contribution in [0.1, 0.15) is 64.5 Å². The summed E-state index contributed by atoms with van der Waals surface area (Å²) in [7, 11) is 1.58. The number of ether oxygens (including phenoxy) is 1. The summed E-state index contributed by atoms with van der Waals surface area (Å²) in [6.45, 7) is 6.04. The van der Waals surface area contributed by atoms with E-state index in [0.717, 1.165) is 44.9 Å². The molecule has 2 aromatic heterocycles. The van der Waals surface area contributed by atoms with Crippen molar-refractivity contribution in [3.63, 3.8) is 0 Å². The van der Waals surface area contributed by atoms with Crippen molar-refractivity contribution in [1.29, 1.82) is 0 Å². The molecule has 0 bridgehead atoms. The summed E-state index contributed by atoms with van der Waals surface area (Å²) >= 11 is 0. The average molecular weight is 507 g/mol. The number of hydrogen-bond donors (Lipinski definition) is 1. The Balaban J connectivity index is 1.39. The highest BCUT2D eigenvalue weighted by atomic mass is 19.1. The van der Waals surface area contributed by atoms with Crippen LogP contribution < -0.4 is 9.64 Å². The number of alkyl halides is 1. The zero-order chi connectivity index (χ0) is 26.2. The lowest BCUT2D eigenvalue weighted by Crippen LogP contribution is -2.52. The van der Waals surface area contributed by atoms with E-state index < -0.39 is 6.17 Å². The number of nitrogens with zero attached hydrogens (tertiary/aromatic N) is 6. The van der Waals surface area contributed by atoms with Crippen molar-refractivity contribution in [3.8, 4) is 34.1 Å². The van der Waals surface area contributed by atoms with Crippen molar-refractivity contribution >= 4 is 5.82 Å². The molecule has 196 valence electrons. The molecule has 5 rings (SSSR count). The molecule has 37 heavy (non-hydrogen) atoms. The van der Waals surface area contributed by atoms with Crippen LogP contribution in [-0.2, 0) is 0 Å². The van der Waals surface area contributed by atoms with E-state index in [1.165, 1.54) is 0 Å². The van der Waals surface area contributed by atoms with Crippen LogP contribution in [0, 0.1) is 12.3 Å². The van der Waals surface area contributed by atoms with Gasteiger partial charge in [-0.3, -0.25) is 0 Å². The van der Waals surface area contributed by atoms with Gasteiger partial charge in [0, 0.05) is 23.1 Å². The smallest absolute Gasteiger partial charge is 0.185 e. The lowest BCUT2D eigenvalue weighted by molar-refractivity contribution is 0.0423. The second-order valence-corrected chi connectivity index (χ2v) is 10.7. The molecule has 0 unspecified atom stereocenters. The summed E-state index contributed by atoms with van der Waals surface area (Å²) in [5.41, 5.74) is 2.13. The summed E-state index contributed by atoms with van der Waals surface area (Å²) in [6.07, 6.45) is 7.45. The summed E-state index contributed by atoms with van der Waals surface area (Å²) in [5, 5.41) is 27.9. The molecule has 3 aromatic rings. The lowest BCUT2D eigenvalue weighted by atomic mass is 9.69. The van der Waals surface area contributed by atoms with Gasteiger partial charge in [0.05, 0.1) is 30.6 Å². The molecule has 0 radical (unpaired) electrons. The predicted octanol–water partition coefficient (Wildman–Crippen LogP) is 5.68. The Morgan fingerprint density at radius 1 is 1.14 bits per heavy atom. The number of phenolic OH excluding ortho intramolecular Hbond substituents is 1. The van der Waals surface area contributed by atoms with E-state index in [4.69, 9.17) is 4.74 Å². The number of rotatable bonds is 8. The number of phenols is 1. The minimum atomic E-state index is -0.914. The van der Waals surface area contributed by atoms with Crippen molar-refractivity contribution in [2.75, 3.05) is 12.0 Å². The molecule has 2 aliphatic carbocycles. The molecule has 2 saturated carbocycles. The van der Waals surface area contributed by atoms with Crippen molar-refractivity contribution in [1.82, 2.24) is 25.4 Å². The standard InChI is InChI=1S/C28H35FN6O2/c1-5-12-28(3)13-6-7-22(26(28)29)35(19-9-10-19)25-16-30-27(34-33-25)20-11-8-18(14-23(20)36)21-15-24(37-4)17(2)31-32-21/h8,11,14-16,19,22,26,36H,5-7,9-10,12-13H2,1-4H3/t22-,26-,28+/m0/s1. The van der Waals surface area contributed by atoms with E-state index in [0.29, 0.717) is 39.9 Å². The maximum atomic E-state index is 15.9. The van der Waals surface area contributed by atoms with E-state index in [9.17, 15) is 5.11 Å². The van der Waals surface area contributed by atoms with Crippen LogP contribution in [0.4, 0.5) is 10.2 Å². The van der Waals surface area contributed by atoms with Crippen LogP contribution in [0.5, 0.6) is 11.5 Å². The maximum absolute atomic E-state index is 15.9. The zero-order valence-corrected chi connectivity index (χ0v) is 22.0. The minimum Gasteiger partial charge on any atom is -0.507 e. The normalized spacial score (nSPS) is 23.6. The maximum Gasteiger partial charge on any atom is 0.185 e. The molecule has 3 atom stereocenters. The number of halogens is 1. The number of anilines is 1. The highest BCUT2D eigenvalue weighted by molar-refractivity contribution is 5.71. The Morgan fingerprint density at radius 2 is 1.95 bits per heavy atom. The van der Waals surface area contributed by atoms with E-state index in [1.54, 1.807) is 31.5 Å². The minimum absolute atomic E-state index is 0.0128. The summed E-state index contributed by atoms with van der Waals surface area (Å²) < 4.78 is 21.2. The Bertz CT molecular complexity index is 1250. The number of aromatic nitrogens is 5. The SMILES string of the molecule is CCC[C@]1(C)CCC[C@H](N(c2cnc(-c3ccc(-c4cc(OC)c(C)nn4)cc3O)nn2)C2CC2)[C@@H]1F. The zero-order valence-electron chi connectivity index (χ0n) is 22.0. The number of benzene rings is 1. The van der Waals surface area contributed by atoms with Crippen LogP contribution in [0.3, 0.4) is 0 Å². The van der Waals surface area contributed by atoms with Crippen molar-refractivity contribution in [3.05, 3.63) is 36.2 Å². The summed E-state index contributed by atoms with van der Waals surface area (Å²) in [5.74, 6) is 1.56. The Kier molecular flexibility index (Phi) is 6.96. The first kappa shape index (κ1) is 25.3. The highest BCUT2D eigenvalue weighted by Crippen LogP contribution is 2.46. The van der Waals surface area contributed by atoms with Gasteiger partial charge in [0.2, 0.25) is 0 Å². The number of aromatic hydroxyl groups is 1. The Hall–Kier alpha value is -3.36. The van der Waals surface area contributed by atoms with Crippen molar-refractivity contribution in [2.45, 2.75) is 84.0 Å². The van der Waals surface area contributed by atoms with Gasteiger partial charge in [0.25, 0.3) is 0 Å². The largest absolute Gasteiger partial charge is 0.507 e. The quantitative estimate of drug-likeness (QED) is 0.417. The number of hydrogen-bond acceptors (Lipinski definition) is 8. The molecule has 9 heteroatoms. The van der Waals surface area contributed by atoms with E-state index in [2.05, 4.69) is 44.1 Å². The molecule has 0 aliphatic heterocycles. The summed E-state index contributed by atoms with van der Waals surface area (Å²) in [6, 6.07) is 7.03. The van der Waals surface area contributed by atoms with Gasteiger partial charge in [-0.05, 0) is 51.2 Å². The van der Waals surface area contributed by atoms with Crippen molar-refractivity contribution < 1.29 is 14.2 Å². The van der Waals surface area contributed by atoms with E-state index in [1.807, 2.05) is 13.0 Å². The van der Waals surface area contributed by atoms with Crippen LogP contribution in [0.25, 0.3) is 22.6 Å². The van der Waals surface area contributed by atoms with Gasteiger partial charge in [-0.15, -0.1) is 15.3 Å². The second-order valence-electron chi connectivity index (χ2n) is 10.7. The fourth-order valence-corrected chi connectivity index (χ4v) is 5.73. The number of methoxy groups -OCH3 is 1. The molecule has 1 aromatic carbocycles. The van der Waals surface area contributed by atoms with Crippen LogP contribution in [0.2, 0.25) is 0 Å². The van der Waals surface area contributed by atoms with E-state index in [-0.39, 0.29) is 23.2 Å². The van der Waals surface area contributed by atoms with Crippen LogP contribution in [-0.4, -0.2) is 55.9 Å². The molecular weight excluding hydrogens is 471 g/mol. The van der Waals surface area contributed by atoms with Gasteiger partial charge in [-0.1, -0.05) is 32.8 Å². The number of aryl methyl sites for hydroxylation is 1. The first-order valence-corrected chi connectivity index (χ1v) is 13.2. The predicted molar refractivity (Wildman–Crippen MR) is 140 cm³/mol. The van der Waals surface area contributed by atoms with Gasteiger partial charge in [0.15, 0.2) is 11.6 Å². The molecule has 1 N–H and O–H groups in total. The third-order valence-corrected chi connectivity index (χ3v) is 7.87. The summed E-state index contributed by atoms with van der Waals surface area (Å²) in [4.78, 5) is 6.66. The molecule has 2 aliphatic rings. The van der Waals surface area contributed by atoms with Crippen LogP contribution >= 0.6 is 0 Å². The first-order valence-electron chi connectivity index (χ1n) is 13.2. The Morgan fingerprint density at radius 3 is 2.59 bits per heavy atom. The topological polar surface area (TPSA) is 97.2 Å². The van der Waals surface area contributed by atoms with Gasteiger partial charge in [0.1, 0.15) is 23.4 Å². The fraction of sp³-hybridized carbons (Fsp3) is 0.536. The molecule has 2 heterocycles. The first-order chi connectivity index (χ1) is 17.8. The van der Waals surface area contributed by atoms with E-state index >= 15 is 4.39 Å².